The third-order valence-electron chi connectivity index (χ3n) is 4.05. The molecule has 0 fully saturated rings. The molecule has 1 aromatic heterocycles. The van der Waals surface area contributed by atoms with E-state index in [2.05, 4.69) is 15.2 Å². The van der Waals surface area contributed by atoms with Gasteiger partial charge in [-0.3, -0.25) is 29.3 Å². The van der Waals surface area contributed by atoms with Crippen LogP contribution in [-0.4, -0.2) is 25.4 Å². The number of nitrogens with zero attached hydrogens (tertiary/aromatic N) is 4. The lowest BCUT2D eigenvalue weighted by Gasteiger charge is -2.12. The molecule has 1 aliphatic heterocycles. The van der Waals surface area contributed by atoms with Gasteiger partial charge < -0.3 is 0 Å². The Morgan fingerprint density at radius 2 is 1.88 bits per heavy atom. The smallest absolute Gasteiger partial charge is 0.276 e. The number of benzene rings is 2. The van der Waals surface area contributed by atoms with Gasteiger partial charge in [0.1, 0.15) is 6.54 Å². The topological polar surface area (TPSA) is 123 Å². The Hall–Kier alpha value is -3.88. The summed E-state index contributed by atoms with van der Waals surface area (Å²) in [5.41, 5.74) is 0.119. The molecule has 0 unspecified atom stereocenters. The molecule has 0 spiro atoms. The number of H-pyrrole nitrogens is 1. The highest BCUT2D eigenvalue weighted by Gasteiger charge is 2.23. The molecule has 26 heavy (non-hydrogen) atoms. The Morgan fingerprint density at radius 1 is 1.12 bits per heavy atom. The first-order valence-corrected chi connectivity index (χ1v) is 7.66. The van der Waals surface area contributed by atoms with Gasteiger partial charge in [-0.1, -0.05) is 30.3 Å². The Balaban J connectivity index is 2.08. The predicted octanol–water partition coefficient (Wildman–Crippen LogP) is 1.18. The van der Waals surface area contributed by atoms with Gasteiger partial charge in [0.2, 0.25) is 0 Å². The van der Waals surface area contributed by atoms with Gasteiger partial charge in [0.15, 0.2) is 5.82 Å². The zero-order chi connectivity index (χ0) is 18.3. The van der Waals surface area contributed by atoms with Crippen molar-refractivity contribution < 1.29 is 4.92 Å². The van der Waals surface area contributed by atoms with Crippen LogP contribution in [0.15, 0.2) is 63.1 Å². The van der Waals surface area contributed by atoms with Gasteiger partial charge in [-0.2, -0.15) is 5.10 Å². The number of non-ortho nitro benzene ring substituents is 1. The fraction of sp³-hybridized carbons (Fsp3) is 0.0588. The lowest BCUT2D eigenvalue weighted by molar-refractivity contribution is -0.384. The number of aliphatic imine (C=N–C) groups is 1. The van der Waals surface area contributed by atoms with E-state index in [1.54, 1.807) is 0 Å². The second-order valence-electron chi connectivity index (χ2n) is 5.60. The summed E-state index contributed by atoms with van der Waals surface area (Å²) in [5, 5.41) is 17.3. The Morgan fingerprint density at radius 3 is 2.62 bits per heavy atom. The van der Waals surface area contributed by atoms with Crippen LogP contribution in [0.4, 0.5) is 5.69 Å². The summed E-state index contributed by atoms with van der Waals surface area (Å²) in [6.45, 7) is 0.0404. The number of nitrogens with one attached hydrogen (secondary N) is 1. The van der Waals surface area contributed by atoms with Crippen LogP contribution in [0, 0.1) is 10.1 Å². The van der Waals surface area contributed by atoms with Crippen molar-refractivity contribution in [2.75, 3.05) is 0 Å². The predicted molar refractivity (Wildman–Crippen MR) is 92.9 cm³/mol. The normalized spacial score (nSPS) is 12.5. The third-order valence-corrected chi connectivity index (χ3v) is 4.05. The lowest BCUT2D eigenvalue weighted by Crippen LogP contribution is -2.38. The minimum atomic E-state index is -0.874. The van der Waals surface area contributed by atoms with Crippen molar-refractivity contribution in [1.29, 1.82) is 0 Å². The van der Waals surface area contributed by atoms with E-state index in [1.807, 2.05) is 30.3 Å². The van der Waals surface area contributed by atoms with Crippen molar-refractivity contribution in [1.82, 2.24) is 14.8 Å². The Kier molecular flexibility index (Phi) is 3.54. The molecule has 128 valence electrons. The first kappa shape index (κ1) is 15.6. The van der Waals surface area contributed by atoms with Crippen LogP contribution in [0.1, 0.15) is 17.0 Å². The average Bonchev–Trinajstić information content (AvgIpc) is 2.82. The van der Waals surface area contributed by atoms with Crippen LogP contribution in [0.25, 0.3) is 5.69 Å². The monoisotopic (exact) mass is 349 g/mol. The van der Waals surface area contributed by atoms with E-state index in [0.29, 0.717) is 17.0 Å². The van der Waals surface area contributed by atoms with Crippen molar-refractivity contribution in [2.45, 2.75) is 6.54 Å². The number of aromatic nitrogens is 3. The largest absolute Gasteiger partial charge is 0.330 e. The van der Waals surface area contributed by atoms with Crippen LogP contribution in [0.3, 0.4) is 0 Å². The van der Waals surface area contributed by atoms with E-state index >= 15 is 0 Å². The second kappa shape index (κ2) is 5.88. The highest BCUT2D eigenvalue weighted by atomic mass is 16.6. The van der Waals surface area contributed by atoms with Crippen molar-refractivity contribution in [2.24, 2.45) is 4.99 Å². The van der Waals surface area contributed by atoms with Crippen molar-refractivity contribution in [3.05, 3.63) is 96.3 Å². The molecule has 0 saturated carbocycles. The molecule has 1 N–H and O–H groups in total. The lowest BCUT2D eigenvalue weighted by atomic mass is 10.00. The van der Waals surface area contributed by atoms with Crippen molar-refractivity contribution >= 4 is 11.4 Å². The number of hydrogen-bond acceptors (Lipinski definition) is 6. The zero-order valence-electron chi connectivity index (χ0n) is 13.2. The van der Waals surface area contributed by atoms with E-state index in [0.717, 1.165) is 10.1 Å². The van der Waals surface area contributed by atoms with Crippen LogP contribution >= 0.6 is 0 Å². The molecule has 9 heteroatoms. The molecule has 0 aliphatic carbocycles. The summed E-state index contributed by atoms with van der Waals surface area (Å²) >= 11 is 0. The van der Waals surface area contributed by atoms with Crippen LogP contribution in [0.2, 0.25) is 0 Å². The SMILES string of the molecule is O=c1[nH]nc2n(c1=O)-c1ccc([N+](=O)[O-])cc1C(c1ccccc1)=NC2. The quantitative estimate of drug-likeness (QED) is 0.423. The fourth-order valence-corrected chi connectivity index (χ4v) is 2.89. The van der Waals surface area contributed by atoms with Gasteiger partial charge >= 0.3 is 11.1 Å². The summed E-state index contributed by atoms with van der Waals surface area (Å²) in [6.07, 6.45) is 0. The maximum Gasteiger partial charge on any atom is 0.330 e. The van der Waals surface area contributed by atoms with E-state index in [-0.39, 0.29) is 18.1 Å². The van der Waals surface area contributed by atoms with E-state index in [4.69, 9.17) is 0 Å². The van der Waals surface area contributed by atoms with E-state index in [1.165, 1.54) is 18.2 Å². The fourth-order valence-electron chi connectivity index (χ4n) is 2.89. The van der Waals surface area contributed by atoms with Crippen molar-refractivity contribution in [3.63, 3.8) is 0 Å². The van der Waals surface area contributed by atoms with Crippen LogP contribution < -0.4 is 11.1 Å². The maximum absolute atomic E-state index is 12.4. The molecule has 0 bridgehead atoms. The summed E-state index contributed by atoms with van der Waals surface area (Å²) < 4.78 is 1.15. The first-order chi connectivity index (χ1) is 12.6. The molecule has 0 amide bonds. The summed E-state index contributed by atoms with van der Waals surface area (Å²) in [4.78, 5) is 39.3. The summed E-state index contributed by atoms with van der Waals surface area (Å²) in [5.74, 6) is 0.246. The molecule has 2 aromatic carbocycles. The third kappa shape index (κ3) is 2.42. The molecule has 1 aliphatic rings. The number of fused-ring (bicyclic) bond motifs is 3. The van der Waals surface area contributed by atoms with Gasteiger partial charge in [0.05, 0.1) is 16.3 Å². The minimum Gasteiger partial charge on any atom is -0.276 e. The molecular weight excluding hydrogens is 338 g/mol. The molecule has 0 saturated heterocycles. The molecule has 3 aromatic rings. The minimum absolute atomic E-state index is 0.0404. The van der Waals surface area contributed by atoms with Crippen LogP contribution in [-0.2, 0) is 6.54 Å². The highest BCUT2D eigenvalue weighted by molar-refractivity contribution is 6.15. The Labute approximate surface area is 145 Å². The molecule has 4 rings (SSSR count). The molecule has 9 nitrogen and oxygen atoms in total. The summed E-state index contributed by atoms with van der Waals surface area (Å²) in [6, 6.07) is 13.2. The molecule has 0 radical (unpaired) electrons. The van der Waals surface area contributed by atoms with Gasteiger partial charge in [-0.25, -0.2) is 5.10 Å². The number of rotatable bonds is 2. The molecule has 0 atom stereocenters. The maximum atomic E-state index is 12.4. The molecule has 2 heterocycles. The standard InChI is InChI=1S/C17H11N5O4/c23-16-17(24)21-13-7-6-11(22(25)26)8-12(13)15(10-4-2-1-3-5-10)18-9-14(21)19-20-16/h1-8H,9H2,(H,20,23). The number of nitro groups is 1. The number of hydrogen-bond donors (Lipinski definition) is 1. The van der Waals surface area contributed by atoms with Gasteiger partial charge in [0, 0.05) is 23.3 Å². The first-order valence-electron chi connectivity index (χ1n) is 7.66. The summed E-state index contributed by atoms with van der Waals surface area (Å²) in [7, 11) is 0. The van der Waals surface area contributed by atoms with Gasteiger partial charge in [0.25, 0.3) is 5.69 Å². The Bertz CT molecular complexity index is 1180. The zero-order valence-corrected chi connectivity index (χ0v) is 13.2. The average molecular weight is 349 g/mol. The van der Waals surface area contributed by atoms with Crippen LogP contribution in [0.5, 0.6) is 0 Å². The van der Waals surface area contributed by atoms with E-state index < -0.39 is 16.0 Å². The van der Waals surface area contributed by atoms with Gasteiger partial charge in [-0.15, -0.1) is 0 Å². The van der Waals surface area contributed by atoms with Crippen molar-refractivity contribution in [3.8, 4) is 5.69 Å². The molecular formula is C17H11N5O4. The second-order valence-corrected chi connectivity index (χ2v) is 5.60. The number of aromatic amines is 1. The van der Waals surface area contributed by atoms with Gasteiger partial charge in [-0.05, 0) is 6.07 Å². The van der Waals surface area contributed by atoms with E-state index in [9.17, 15) is 19.7 Å². The number of nitro benzene ring substituents is 1. The highest BCUT2D eigenvalue weighted by Crippen LogP contribution is 2.26.